The molecule has 772 valence electrons. The van der Waals surface area contributed by atoms with Gasteiger partial charge >= 0.3 is 6.18 Å². The monoisotopic (exact) mass is 1990 g/mol. The highest BCUT2D eigenvalue weighted by atomic mass is 19.4. The molecule has 1 aliphatic carbocycles. The van der Waals surface area contributed by atoms with E-state index in [0.717, 1.165) is 23.6 Å². The third kappa shape index (κ3) is 40.9. The lowest BCUT2D eigenvalue weighted by Crippen LogP contribution is -2.07. The molecule has 18 aromatic carbocycles. The molecule has 0 bridgehead atoms. The summed E-state index contributed by atoms with van der Waals surface area (Å²) >= 11 is 0. The van der Waals surface area contributed by atoms with Gasteiger partial charge in [0.1, 0.15) is 34.9 Å². The first-order valence-corrected chi connectivity index (χ1v) is 50.2. The van der Waals surface area contributed by atoms with Crippen molar-refractivity contribution in [3.8, 4) is 0 Å². The fourth-order valence-corrected chi connectivity index (χ4v) is 15.9. The minimum absolute atomic E-state index is 0.0885. The first-order chi connectivity index (χ1) is 69.2. The van der Waals surface area contributed by atoms with E-state index in [1.54, 1.807) is 76.1 Å². The van der Waals surface area contributed by atoms with E-state index in [1.807, 2.05) is 26.0 Å². The largest absolute Gasteiger partial charge is 0.416 e. The molecule has 147 heavy (non-hydrogen) atoms. The van der Waals surface area contributed by atoms with E-state index in [2.05, 4.69) is 343 Å². The van der Waals surface area contributed by atoms with Crippen LogP contribution in [0.25, 0.3) is 43.1 Å². The maximum absolute atomic E-state index is 12.6. The molecule has 0 saturated heterocycles. The molecule has 18 aromatic rings. The Bertz CT molecular complexity index is 6820. The summed E-state index contributed by atoms with van der Waals surface area (Å²) in [5, 5.41) is 10.8. The summed E-state index contributed by atoms with van der Waals surface area (Å²) in [5.74, 6) is -3.60. The zero-order valence-corrected chi connectivity index (χ0v) is 92.1. The highest BCUT2D eigenvalue weighted by molar-refractivity contribution is 5.89. The van der Waals surface area contributed by atoms with E-state index < -0.39 is 46.6 Å². The Morgan fingerprint density at radius 1 is 0.190 bits per heavy atom. The van der Waals surface area contributed by atoms with Crippen LogP contribution in [0.5, 0.6) is 0 Å². The SMILES string of the molecule is CCc1cc(C)ccc1C.Cc1cc(F)c(C)c(F)c1.Cc1cc(F)c(C)c(F)c1.Cc1ccc(C)c(C(F)(F)F)c1.Cc1ccc(C)c(C)c1.Cc1ccc(C)c(F)c1.Cc1ccc(C)c(F)c1.Cc1ccc(C)c(F)c1F.Cc1ccc(C)c2c1CCCC2.Cc1ccc(C)c2ccccc12.Cc1ccc(C)cc1.Cc1ccc2cc(C)ccc2c1.Cc1ccc2ccc(C)cc2c1.Cc1cccc2c(C)cccc12. The summed E-state index contributed by atoms with van der Waals surface area (Å²) in [6.45, 7) is 58.3. The van der Waals surface area contributed by atoms with Gasteiger partial charge in [-0.3, -0.25) is 0 Å². The molecule has 0 aliphatic heterocycles. The molecular weight excluding hydrogens is 1840 g/mol. The maximum Gasteiger partial charge on any atom is 0.416 e. The third-order valence-corrected chi connectivity index (χ3v) is 25.5. The van der Waals surface area contributed by atoms with Crippen LogP contribution in [-0.2, 0) is 25.4 Å². The zero-order valence-electron chi connectivity index (χ0n) is 92.1. The average molecular weight is 1990 g/mol. The molecule has 0 amide bonds. The van der Waals surface area contributed by atoms with Crippen molar-refractivity contribution in [2.45, 2.75) is 246 Å². The van der Waals surface area contributed by atoms with Crippen LogP contribution >= 0.6 is 0 Å². The fraction of sp³-hybridized carbons (Fsp3) is 0.265. The Balaban J connectivity index is 0.000000242. The summed E-state index contributed by atoms with van der Waals surface area (Å²) in [7, 11) is 0. The Morgan fingerprint density at radius 2 is 0.449 bits per heavy atom. The summed E-state index contributed by atoms with van der Waals surface area (Å²) in [6, 6.07) is 101. The van der Waals surface area contributed by atoms with Gasteiger partial charge in [0.05, 0.1) is 5.56 Å². The summed E-state index contributed by atoms with van der Waals surface area (Å²) in [5.41, 5.74) is 33.8. The Hall–Kier alpha value is -13.8. The first-order valence-electron chi connectivity index (χ1n) is 50.2. The molecule has 0 spiro atoms. The number of rotatable bonds is 1. The Labute approximate surface area is 871 Å². The number of hydrogen-bond donors (Lipinski definition) is 0. The molecule has 0 aromatic heterocycles. The molecule has 0 N–H and O–H groups in total. The van der Waals surface area contributed by atoms with E-state index in [4.69, 9.17) is 0 Å². The normalized spacial score (nSPS) is 10.7. The molecule has 11 heteroatoms. The van der Waals surface area contributed by atoms with Gasteiger partial charge in [-0.25, -0.2) is 35.1 Å². The number of fused-ring (bicyclic) bond motifs is 5. The van der Waals surface area contributed by atoms with Crippen LogP contribution in [0.15, 0.2) is 309 Å². The average Bonchev–Trinajstić information content (AvgIpc) is 0.796. The number of benzene rings is 18. The predicted molar refractivity (Wildman–Crippen MR) is 608 cm³/mol. The van der Waals surface area contributed by atoms with E-state index in [9.17, 15) is 48.3 Å². The van der Waals surface area contributed by atoms with Gasteiger partial charge in [-0.05, 0) is 435 Å². The van der Waals surface area contributed by atoms with Crippen molar-refractivity contribution in [1.29, 1.82) is 0 Å². The number of alkyl halides is 3. The van der Waals surface area contributed by atoms with Gasteiger partial charge in [0.2, 0.25) is 0 Å². The van der Waals surface area contributed by atoms with E-state index in [1.165, 1.54) is 246 Å². The standard InChI is InChI=1S/3C12H12.C12H16.C12H12.C10H14.C9H9F3.C9H12.3C8H8F2.2C8H9F.C8H10/c1-9-3-5-12-8-10(2)4-6-11(12)7-9;1-9-3-5-11-6-4-10(2)8-12(11)7-9;1-9-5-3-8-12-10(2)6-4-7-11(9)12;2*1-9-7-8-10(2)12-6-4-3-5-11(9)12;1-4-10-7-8(2)5-6-9(10)3;1-6-3-4-7(2)8(5-6)9(10,11)12;1-7-4-5-8(2)9(3)6-7;2*1-5-3-7(9)6(2)8(10)4-5;1-5-3-4-6(2)8(10)7(5)9;2*1-6-3-4-7(2)8(9)5-6;1-7-3-5-8(2)6-4-7/h3*3-8H,1-2H3;7-8H,3-6H2,1-2H3;3-8H,1-2H3;5-7H,4H2,1-3H3;3-5H,1-2H3;4-6H,1-3H3;3*3-4H,1-2H3;2*3-5H,1-2H3;3-6H,1-2H3. The van der Waals surface area contributed by atoms with Gasteiger partial charge in [-0.1, -0.05) is 324 Å². The van der Waals surface area contributed by atoms with E-state index >= 15 is 0 Å². The van der Waals surface area contributed by atoms with Crippen molar-refractivity contribution in [2.24, 2.45) is 0 Å². The minimum atomic E-state index is -4.23. The second kappa shape index (κ2) is 59.7. The van der Waals surface area contributed by atoms with Crippen LogP contribution in [0.3, 0.4) is 0 Å². The van der Waals surface area contributed by atoms with Gasteiger partial charge in [-0.2, -0.15) is 13.2 Å². The van der Waals surface area contributed by atoms with Gasteiger partial charge in [-0.15, -0.1) is 0 Å². The highest BCUT2D eigenvalue weighted by Gasteiger charge is 2.32. The van der Waals surface area contributed by atoms with E-state index in [-0.39, 0.29) is 28.3 Å². The quantitative estimate of drug-likeness (QED) is 0.144. The second-order valence-corrected chi connectivity index (χ2v) is 38.9. The molecule has 1 aliphatic rings. The maximum atomic E-state index is 12.6. The Kier molecular flexibility index (Phi) is 49.5. The molecule has 19 rings (SSSR count). The number of hydrogen-bond acceptors (Lipinski definition) is 0. The topological polar surface area (TPSA) is 0 Å². The Morgan fingerprint density at radius 3 is 0.769 bits per heavy atom. The molecule has 0 radical (unpaired) electrons. The van der Waals surface area contributed by atoms with Gasteiger partial charge in [0, 0.05) is 11.1 Å². The van der Waals surface area contributed by atoms with Crippen molar-refractivity contribution in [3.63, 3.8) is 0 Å². The molecule has 0 saturated carbocycles. The number of halogens is 11. The lowest BCUT2D eigenvalue weighted by atomic mass is 9.86. The van der Waals surface area contributed by atoms with Crippen molar-refractivity contribution in [2.75, 3.05) is 0 Å². The van der Waals surface area contributed by atoms with E-state index in [0.29, 0.717) is 38.9 Å². The van der Waals surface area contributed by atoms with Crippen LogP contribution in [0.4, 0.5) is 48.3 Å². The third-order valence-electron chi connectivity index (χ3n) is 25.5. The lowest BCUT2D eigenvalue weighted by molar-refractivity contribution is -0.138. The summed E-state index contributed by atoms with van der Waals surface area (Å²) in [4.78, 5) is 0. The zero-order chi connectivity index (χ0) is 109. The fourth-order valence-electron chi connectivity index (χ4n) is 15.9. The lowest BCUT2D eigenvalue weighted by Gasteiger charge is -2.19. The van der Waals surface area contributed by atoms with Crippen molar-refractivity contribution in [3.05, 3.63) is 540 Å². The van der Waals surface area contributed by atoms with Crippen molar-refractivity contribution in [1.82, 2.24) is 0 Å². The smallest absolute Gasteiger partial charge is 0.207 e. The molecule has 0 fully saturated rings. The molecule has 0 heterocycles. The first kappa shape index (κ1) is 122. The summed E-state index contributed by atoms with van der Waals surface area (Å²) < 4.78 is 137. The minimum Gasteiger partial charge on any atom is -0.207 e. The predicted octanol–water partition coefficient (Wildman–Crippen LogP) is 40.7. The van der Waals surface area contributed by atoms with Gasteiger partial charge < -0.3 is 0 Å². The molecule has 0 atom stereocenters. The summed E-state index contributed by atoms with van der Waals surface area (Å²) in [6.07, 6.45) is 2.31. The molecule has 0 nitrogen and oxygen atoms in total. The van der Waals surface area contributed by atoms with Gasteiger partial charge in [0.15, 0.2) is 11.6 Å². The molecular formula is C136H151F11. The van der Waals surface area contributed by atoms with Crippen LogP contribution in [0, 0.1) is 247 Å². The van der Waals surface area contributed by atoms with Crippen LogP contribution < -0.4 is 0 Å². The second-order valence-electron chi connectivity index (χ2n) is 38.9. The van der Waals surface area contributed by atoms with Crippen LogP contribution in [0.2, 0.25) is 0 Å². The van der Waals surface area contributed by atoms with Crippen molar-refractivity contribution < 1.29 is 48.3 Å². The highest BCUT2D eigenvalue weighted by Crippen LogP contribution is 2.33. The number of aryl methyl sites for hydroxylation is 28. The van der Waals surface area contributed by atoms with Crippen LogP contribution in [-0.4, -0.2) is 0 Å². The van der Waals surface area contributed by atoms with Crippen LogP contribution in [0.1, 0.15) is 203 Å². The van der Waals surface area contributed by atoms with Crippen molar-refractivity contribution >= 4 is 43.1 Å². The molecule has 0 unspecified atom stereocenters. The van der Waals surface area contributed by atoms with Gasteiger partial charge in [0.25, 0.3) is 0 Å².